The van der Waals surface area contributed by atoms with Crippen molar-refractivity contribution < 1.29 is 14.7 Å². The SMILES string of the molecule is CC1CN(C(=O)NCC2(C(=O)O)CC2)CC1N(C)C. The number of nitrogens with zero attached hydrogens (tertiary/aromatic N) is 2. The van der Waals surface area contributed by atoms with E-state index in [0.29, 0.717) is 31.3 Å². The second-order valence-corrected chi connectivity index (χ2v) is 6.16. The average molecular weight is 269 g/mol. The lowest BCUT2D eigenvalue weighted by molar-refractivity contribution is -0.143. The Morgan fingerprint density at radius 2 is 2.00 bits per heavy atom. The Bertz CT molecular complexity index is 379. The van der Waals surface area contributed by atoms with Gasteiger partial charge in [0.05, 0.1) is 5.41 Å². The third kappa shape index (κ3) is 2.83. The topological polar surface area (TPSA) is 72.9 Å². The summed E-state index contributed by atoms with van der Waals surface area (Å²) in [7, 11) is 4.04. The summed E-state index contributed by atoms with van der Waals surface area (Å²) in [6.07, 6.45) is 1.33. The molecule has 2 atom stereocenters. The Morgan fingerprint density at radius 3 is 2.42 bits per heavy atom. The largest absolute Gasteiger partial charge is 0.481 e. The van der Waals surface area contributed by atoms with Gasteiger partial charge in [-0.2, -0.15) is 0 Å². The Hall–Kier alpha value is -1.30. The first-order valence-electron chi connectivity index (χ1n) is 6.78. The maximum Gasteiger partial charge on any atom is 0.317 e. The summed E-state index contributed by atoms with van der Waals surface area (Å²) in [6, 6.07) is 0.240. The van der Waals surface area contributed by atoms with Gasteiger partial charge >= 0.3 is 12.0 Å². The van der Waals surface area contributed by atoms with Crippen molar-refractivity contribution in [2.45, 2.75) is 25.8 Å². The Kier molecular flexibility index (Phi) is 3.71. The second kappa shape index (κ2) is 5.00. The highest BCUT2D eigenvalue weighted by molar-refractivity contribution is 5.80. The molecule has 1 aliphatic heterocycles. The van der Waals surface area contributed by atoms with Gasteiger partial charge in [-0.3, -0.25) is 4.79 Å². The molecule has 6 nitrogen and oxygen atoms in total. The fraction of sp³-hybridized carbons (Fsp3) is 0.846. The number of carboxylic acids is 1. The van der Waals surface area contributed by atoms with Crippen LogP contribution in [0.3, 0.4) is 0 Å². The first-order chi connectivity index (χ1) is 8.85. The summed E-state index contributed by atoms with van der Waals surface area (Å²) in [5.41, 5.74) is -0.693. The van der Waals surface area contributed by atoms with Crippen molar-refractivity contribution in [1.29, 1.82) is 0 Å². The van der Waals surface area contributed by atoms with Crippen molar-refractivity contribution in [3.8, 4) is 0 Å². The van der Waals surface area contributed by atoms with Crippen LogP contribution in [0.2, 0.25) is 0 Å². The van der Waals surface area contributed by atoms with Crippen molar-refractivity contribution in [2.24, 2.45) is 11.3 Å². The van der Waals surface area contributed by atoms with Crippen molar-refractivity contribution >= 4 is 12.0 Å². The van der Waals surface area contributed by atoms with E-state index in [1.165, 1.54) is 0 Å². The van der Waals surface area contributed by atoms with Crippen molar-refractivity contribution in [2.75, 3.05) is 33.7 Å². The van der Waals surface area contributed by atoms with Crippen LogP contribution < -0.4 is 5.32 Å². The molecule has 0 aromatic heterocycles. The number of amides is 2. The number of hydrogen-bond donors (Lipinski definition) is 2. The van der Waals surface area contributed by atoms with Gasteiger partial charge in [0, 0.05) is 25.7 Å². The highest BCUT2D eigenvalue weighted by Crippen LogP contribution is 2.45. The molecule has 2 aliphatic rings. The predicted octanol–water partition coefficient (Wildman–Crippen LogP) is 0.443. The molecule has 0 aromatic carbocycles. The van der Waals surface area contributed by atoms with Crippen molar-refractivity contribution in [3.05, 3.63) is 0 Å². The summed E-state index contributed by atoms with van der Waals surface area (Å²) in [6.45, 7) is 3.82. The summed E-state index contributed by atoms with van der Waals surface area (Å²) in [4.78, 5) is 27.0. The molecule has 19 heavy (non-hydrogen) atoms. The van der Waals surface area contributed by atoms with E-state index in [4.69, 9.17) is 5.11 Å². The van der Waals surface area contributed by atoms with E-state index in [2.05, 4.69) is 17.1 Å². The van der Waals surface area contributed by atoms with Gasteiger partial charge in [-0.05, 0) is 32.9 Å². The minimum Gasteiger partial charge on any atom is -0.481 e. The van der Waals surface area contributed by atoms with Crippen LogP contribution in [-0.4, -0.2) is 66.7 Å². The second-order valence-electron chi connectivity index (χ2n) is 6.16. The van der Waals surface area contributed by atoms with Crippen LogP contribution in [0.15, 0.2) is 0 Å². The zero-order chi connectivity index (χ0) is 14.2. The molecule has 0 bridgehead atoms. The van der Waals surface area contributed by atoms with Gasteiger partial charge in [0.25, 0.3) is 0 Å². The van der Waals surface area contributed by atoms with Crippen LogP contribution in [0.4, 0.5) is 4.79 Å². The number of carboxylic acid groups (broad SMARTS) is 1. The fourth-order valence-electron chi connectivity index (χ4n) is 2.76. The molecule has 1 saturated carbocycles. The molecule has 1 saturated heterocycles. The monoisotopic (exact) mass is 269 g/mol. The third-order valence-corrected chi connectivity index (χ3v) is 4.41. The van der Waals surface area contributed by atoms with E-state index < -0.39 is 11.4 Å². The maximum atomic E-state index is 12.1. The van der Waals surface area contributed by atoms with Gasteiger partial charge in [0.1, 0.15) is 0 Å². The molecule has 2 fully saturated rings. The highest BCUT2D eigenvalue weighted by atomic mass is 16.4. The number of aliphatic carboxylic acids is 1. The standard InChI is InChI=1S/C13H23N3O3/c1-9-6-16(7-10(9)15(2)3)12(19)14-8-13(4-5-13)11(17)18/h9-10H,4-8H2,1-3H3,(H,14,19)(H,17,18). The molecule has 1 aliphatic carbocycles. The number of carbonyl (C=O) groups excluding carboxylic acids is 1. The van der Waals surface area contributed by atoms with Crippen molar-refractivity contribution in [1.82, 2.24) is 15.1 Å². The summed E-state index contributed by atoms with van der Waals surface area (Å²) in [5, 5.41) is 11.8. The van der Waals surface area contributed by atoms with Gasteiger partial charge in [0.15, 0.2) is 0 Å². The van der Waals surface area contributed by atoms with E-state index in [9.17, 15) is 9.59 Å². The lowest BCUT2D eigenvalue weighted by atomic mass is 10.1. The lowest BCUT2D eigenvalue weighted by Gasteiger charge is -2.22. The zero-order valence-electron chi connectivity index (χ0n) is 11.8. The molecule has 0 spiro atoms. The highest BCUT2D eigenvalue weighted by Gasteiger charge is 2.50. The van der Waals surface area contributed by atoms with Crippen LogP contribution in [-0.2, 0) is 4.79 Å². The van der Waals surface area contributed by atoms with Crippen molar-refractivity contribution in [3.63, 3.8) is 0 Å². The predicted molar refractivity (Wildman–Crippen MR) is 70.9 cm³/mol. The molecule has 108 valence electrons. The summed E-state index contributed by atoms with van der Waals surface area (Å²) < 4.78 is 0. The molecule has 2 amide bonds. The number of nitrogens with one attached hydrogen (secondary N) is 1. The van der Waals surface area contributed by atoms with E-state index in [1.54, 1.807) is 4.90 Å². The molecular weight excluding hydrogens is 246 g/mol. The molecule has 2 unspecified atom stereocenters. The first kappa shape index (κ1) is 14.1. The van der Waals surface area contributed by atoms with Gasteiger partial charge in [-0.1, -0.05) is 6.92 Å². The molecule has 2 N–H and O–H groups in total. The third-order valence-electron chi connectivity index (χ3n) is 4.41. The molecular formula is C13H23N3O3. The van der Waals surface area contributed by atoms with E-state index >= 15 is 0 Å². The molecule has 1 heterocycles. The Morgan fingerprint density at radius 1 is 1.37 bits per heavy atom. The average Bonchev–Trinajstić information content (AvgIpc) is 3.03. The maximum absolute atomic E-state index is 12.1. The molecule has 0 radical (unpaired) electrons. The van der Waals surface area contributed by atoms with E-state index in [-0.39, 0.29) is 12.6 Å². The van der Waals surface area contributed by atoms with Gasteiger partial charge < -0.3 is 20.2 Å². The number of likely N-dealkylation sites (N-methyl/N-ethyl adjacent to an activating group) is 1. The smallest absolute Gasteiger partial charge is 0.317 e. The van der Waals surface area contributed by atoms with Gasteiger partial charge in [0.2, 0.25) is 0 Å². The number of carbonyl (C=O) groups is 2. The summed E-state index contributed by atoms with van der Waals surface area (Å²) >= 11 is 0. The van der Waals surface area contributed by atoms with E-state index in [0.717, 1.165) is 6.54 Å². The number of hydrogen-bond acceptors (Lipinski definition) is 3. The van der Waals surface area contributed by atoms with Crippen LogP contribution >= 0.6 is 0 Å². The number of urea groups is 1. The van der Waals surface area contributed by atoms with Gasteiger partial charge in [-0.25, -0.2) is 4.79 Å². The minimum atomic E-state index is -0.797. The lowest BCUT2D eigenvalue weighted by Crippen LogP contribution is -2.43. The van der Waals surface area contributed by atoms with Crippen LogP contribution in [0.1, 0.15) is 19.8 Å². The number of likely N-dealkylation sites (tertiary alicyclic amines) is 1. The van der Waals surface area contributed by atoms with Gasteiger partial charge in [-0.15, -0.1) is 0 Å². The van der Waals surface area contributed by atoms with E-state index in [1.807, 2.05) is 14.1 Å². The molecule has 6 heteroatoms. The Labute approximate surface area is 113 Å². The number of rotatable bonds is 4. The fourth-order valence-corrected chi connectivity index (χ4v) is 2.76. The Balaban J connectivity index is 1.83. The van der Waals surface area contributed by atoms with Crippen LogP contribution in [0.25, 0.3) is 0 Å². The quantitative estimate of drug-likeness (QED) is 0.777. The summed E-state index contributed by atoms with van der Waals surface area (Å²) in [5.74, 6) is -0.358. The molecule has 0 aromatic rings. The molecule has 2 rings (SSSR count). The van der Waals surface area contributed by atoms with Crippen LogP contribution in [0.5, 0.6) is 0 Å². The minimum absolute atomic E-state index is 0.135. The zero-order valence-corrected chi connectivity index (χ0v) is 11.8. The van der Waals surface area contributed by atoms with Crippen LogP contribution in [0, 0.1) is 11.3 Å². The normalized spacial score (nSPS) is 28.5. The first-order valence-corrected chi connectivity index (χ1v) is 6.78.